The molecule has 0 heterocycles. The molecule has 1 atom stereocenters. The van der Waals surface area contributed by atoms with E-state index in [-0.39, 0.29) is 11.7 Å². The molecule has 0 saturated heterocycles. The molecule has 15 heavy (non-hydrogen) atoms. The molecular weight excluding hydrogens is 195 g/mol. The summed E-state index contributed by atoms with van der Waals surface area (Å²) in [5.74, 6) is -0.450. The van der Waals surface area contributed by atoms with Crippen molar-refractivity contribution in [3.05, 3.63) is 35.1 Å². The maximum absolute atomic E-state index is 12.9. The molecule has 0 aliphatic heterocycles. The number of hydrogen-bond acceptors (Lipinski definition) is 2. The highest BCUT2D eigenvalue weighted by atomic mass is 19.1. The first-order valence-corrected chi connectivity index (χ1v) is 4.79. The largest absolute Gasteiger partial charge is 0.351 e. The van der Waals surface area contributed by atoms with E-state index in [4.69, 9.17) is 5.73 Å². The van der Waals surface area contributed by atoms with Gasteiger partial charge in [0.1, 0.15) is 5.82 Å². The zero-order valence-electron chi connectivity index (χ0n) is 8.88. The van der Waals surface area contributed by atoms with Crippen LogP contribution < -0.4 is 11.1 Å². The van der Waals surface area contributed by atoms with Crippen LogP contribution in [-0.4, -0.2) is 11.9 Å². The van der Waals surface area contributed by atoms with Gasteiger partial charge >= 0.3 is 0 Å². The summed E-state index contributed by atoms with van der Waals surface area (Å²) in [7, 11) is 0. The van der Waals surface area contributed by atoms with E-state index in [0.29, 0.717) is 12.1 Å². The normalized spacial score (nSPS) is 12.3. The number of carbonyl (C=O) groups is 1. The van der Waals surface area contributed by atoms with Crippen LogP contribution in [0, 0.1) is 12.7 Å². The fourth-order valence-corrected chi connectivity index (χ4v) is 1.17. The Morgan fingerprint density at radius 2 is 2.27 bits per heavy atom. The Morgan fingerprint density at radius 3 is 2.80 bits per heavy atom. The Kier molecular flexibility index (Phi) is 3.80. The standard InChI is InChI=1S/C11H15FN2O/c1-7-5-9(3-4-10(7)12)6-14-11(15)8(2)13/h3-5,8H,6,13H2,1-2H3,(H,14,15)/t8-/m1/s1. The van der Waals surface area contributed by atoms with Crippen LogP contribution in [-0.2, 0) is 11.3 Å². The second-order valence-electron chi connectivity index (χ2n) is 3.59. The lowest BCUT2D eigenvalue weighted by Crippen LogP contribution is -2.37. The second-order valence-corrected chi connectivity index (χ2v) is 3.59. The number of nitrogens with one attached hydrogen (secondary N) is 1. The minimum absolute atomic E-state index is 0.211. The SMILES string of the molecule is Cc1cc(CNC(=O)[C@@H](C)N)ccc1F. The quantitative estimate of drug-likeness (QED) is 0.784. The van der Waals surface area contributed by atoms with Crippen LogP contribution in [0.1, 0.15) is 18.1 Å². The molecule has 0 bridgehead atoms. The zero-order chi connectivity index (χ0) is 11.4. The van der Waals surface area contributed by atoms with E-state index in [0.717, 1.165) is 5.56 Å². The Morgan fingerprint density at radius 1 is 1.60 bits per heavy atom. The van der Waals surface area contributed by atoms with Crippen molar-refractivity contribution in [3.63, 3.8) is 0 Å². The molecule has 0 spiro atoms. The first-order valence-electron chi connectivity index (χ1n) is 4.79. The smallest absolute Gasteiger partial charge is 0.236 e. The van der Waals surface area contributed by atoms with Crippen molar-refractivity contribution in [2.24, 2.45) is 5.73 Å². The topological polar surface area (TPSA) is 55.1 Å². The lowest BCUT2D eigenvalue weighted by atomic mass is 10.1. The van der Waals surface area contributed by atoms with Gasteiger partial charge in [-0.25, -0.2) is 4.39 Å². The van der Waals surface area contributed by atoms with Crippen molar-refractivity contribution in [1.29, 1.82) is 0 Å². The van der Waals surface area contributed by atoms with E-state index >= 15 is 0 Å². The average molecular weight is 210 g/mol. The monoisotopic (exact) mass is 210 g/mol. The molecule has 1 aromatic rings. The number of benzene rings is 1. The summed E-state index contributed by atoms with van der Waals surface area (Å²) in [6.45, 7) is 3.68. The molecule has 0 aliphatic carbocycles. The third-order valence-corrected chi connectivity index (χ3v) is 2.10. The van der Waals surface area contributed by atoms with Crippen molar-refractivity contribution in [2.45, 2.75) is 26.4 Å². The maximum Gasteiger partial charge on any atom is 0.236 e. The first-order chi connectivity index (χ1) is 7.00. The first kappa shape index (κ1) is 11.7. The molecule has 0 aliphatic rings. The predicted octanol–water partition coefficient (Wildman–Crippen LogP) is 1.10. The van der Waals surface area contributed by atoms with Gasteiger partial charge in [-0.3, -0.25) is 4.79 Å². The molecule has 1 rings (SSSR count). The zero-order valence-corrected chi connectivity index (χ0v) is 8.88. The van der Waals surface area contributed by atoms with E-state index < -0.39 is 6.04 Å². The summed E-state index contributed by atoms with van der Waals surface area (Å²) in [5.41, 5.74) is 6.82. The number of hydrogen-bond donors (Lipinski definition) is 2. The summed E-state index contributed by atoms with van der Waals surface area (Å²) in [6, 6.07) is 4.22. The molecule has 0 unspecified atom stereocenters. The molecule has 0 aromatic heterocycles. The molecule has 0 radical (unpaired) electrons. The Balaban J connectivity index is 2.58. The van der Waals surface area contributed by atoms with Crippen LogP contribution in [0.3, 0.4) is 0 Å². The fraction of sp³-hybridized carbons (Fsp3) is 0.364. The van der Waals surface area contributed by atoms with Gasteiger partial charge in [-0.15, -0.1) is 0 Å². The van der Waals surface area contributed by atoms with Crippen molar-refractivity contribution in [3.8, 4) is 0 Å². The number of rotatable bonds is 3. The highest BCUT2D eigenvalue weighted by Gasteiger charge is 2.06. The molecule has 1 aromatic carbocycles. The van der Waals surface area contributed by atoms with Crippen LogP contribution in [0.25, 0.3) is 0 Å². The van der Waals surface area contributed by atoms with Crippen molar-refractivity contribution in [1.82, 2.24) is 5.32 Å². The maximum atomic E-state index is 12.9. The van der Waals surface area contributed by atoms with Gasteiger partial charge in [0.05, 0.1) is 6.04 Å². The minimum atomic E-state index is -0.522. The van der Waals surface area contributed by atoms with Gasteiger partial charge in [-0.1, -0.05) is 12.1 Å². The lowest BCUT2D eigenvalue weighted by Gasteiger charge is -2.08. The summed E-state index contributed by atoms with van der Waals surface area (Å²) in [4.78, 5) is 11.2. The van der Waals surface area contributed by atoms with E-state index in [9.17, 15) is 9.18 Å². The summed E-state index contributed by atoms with van der Waals surface area (Å²) in [6.07, 6.45) is 0. The lowest BCUT2D eigenvalue weighted by molar-refractivity contribution is -0.122. The van der Waals surface area contributed by atoms with Gasteiger partial charge in [-0.05, 0) is 31.0 Å². The van der Waals surface area contributed by atoms with Crippen LogP contribution in [0.2, 0.25) is 0 Å². The van der Waals surface area contributed by atoms with Crippen molar-refractivity contribution < 1.29 is 9.18 Å². The van der Waals surface area contributed by atoms with Crippen LogP contribution >= 0.6 is 0 Å². The molecular formula is C11H15FN2O. The number of aryl methyl sites for hydroxylation is 1. The van der Waals surface area contributed by atoms with Crippen LogP contribution in [0.5, 0.6) is 0 Å². The summed E-state index contributed by atoms with van der Waals surface area (Å²) >= 11 is 0. The van der Waals surface area contributed by atoms with E-state index in [1.54, 1.807) is 26.0 Å². The summed E-state index contributed by atoms with van der Waals surface area (Å²) < 4.78 is 12.9. The highest BCUT2D eigenvalue weighted by molar-refractivity contribution is 5.80. The highest BCUT2D eigenvalue weighted by Crippen LogP contribution is 2.08. The minimum Gasteiger partial charge on any atom is -0.351 e. The molecule has 0 saturated carbocycles. The van der Waals surface area contributed by atoms with E-state index in [2.05, 4.69) is 5.32 Å². The predicted molar refractivity (Wildman–Crippen MR) is 56.6 cm³/mol. The van der Waals surface area contributed by atoms with Gasteiger partial charge in [0.25, 0.3) is 0 Å². The van der Waals surface area contributed by atoms with Crippen LogP contribution in [0.4, 0.5) is 4.39 Å². The molecule has 3 N–H and O–H groups in total. The molecule has 4 heteroatoms. The van der Waals surface area contributed by atoms with Gasteiger partial charge in [-0.2, -0.15) is 0 Å². The number of halogens is 1. The van der Waals surface area contributed by atoms with Gasteiger partial charge in [0.2, 0.25) is 5.91 Å². The summed E-state index contributed by atoms with van der Waals surface area (Å²) in [5, 5.41) is 2.66. The Bertz CT molecular complexity index is 364. The number of carbonyl (C=O) groups excluding carboxylic acids is 1. The molecule has 3 nitrogen and oxygen atoms in total. The Labute approximate surface area is 88.5 Å². The van der Waals surface area contributed by atoms with E-state index in [1.807, 2.05) is 0 Å². The van der Waals surface area contributed by atoms with Crippen LogP contribution in [0.15, 0.2) is 18.2 Å². The van der Waals surface area contributed by atoms with Crippen molar-refractivity contribution in [2.75, 3.05) is 0 Å². The van der Waals surface area contributed by atoms with Gasteiger partial charge in [0, 0.05) is 6.54 Å². The van der Waals surface area contributed by atoms with Crippen molar-refractivity contribution >= 4 is 5.91 Å². The third-order valence-electron chi connectivity index (χ3n) is 2.10. The number of amides is 1. The van der Waals surface area contributed by atoms with Gasteiger partial charge in [0.15, 0.2) is 0 Å². The average Bonchev–Trinajstić information content (AvgIpc) is 2.19. The number of nitrogens with two attached hydrogens (primary N) is 1. The molecule has 0 fully saturated rings. The molecule has 82 valence electrons. The third kappa shape index (κ3) is 3.32. The fourth-order valence-electron chi connectivity index (χ4n) is 1.17. The van der Waals surface area contributed by atoms with E-state index in [1.165, 1.54) is 6.07 Å². The van der Waals surface area contributed by atoms with Gasteiger partial charge < -0.3 is 11.1 Å². The second kappa shape index (κ2) is 4.89. The molecule has 1 amide bonds. The Hall–Kier alpha value is -1.42.